The number of nitrogens with zero attached hydrogens (tertiary/aromatic N) is 1. The highest BCUT2D eigenvalue weighted by Gasteiger charge is 2.19. The first kappa shape index (κ1) is 14.0. The Labute approximate surface area is 111 Å². The zero-order chi connectivity index (χ0) is 13.8. The molecule has 0 spiro atoms. The molecule has 5 heteroatoms. The quantitative estimate of drug-likeness (QED) is 0.872. The Morgan fingerprint density at radius 1 is 1.37 bits per heavy atom. The lowest BCUT2D eigenvalue weighted by Gasteiger charge is -2.31. The fraction of sp³-hybridized carbons (Fsp3) is 0.500. The molecule has 1 heterocycles. The third kappa shape index (κ3) is 3.52. The van der Waals surface area contributed by atoms with Crippen LogP contribution in [0, 0.1) is 11.7 Å². The lowest BCUT2D eigenvalue weighted by atomic mass is 9.97. The number of aliphatic hydroxyl groups excluding tert-OH is 1. The van der Waals surface area contributed by atoms with Gasteiger partial charge in [0.05, 0.1) is 5.56 Å². The average Bonchev–Trinajstić information content (AvgIpc) is 2.42. The Morgan fingerprint density at radius 2 is 2.05 bits per heavy atom. The van der Waals surface area contributed by atoms with Crippen molar-refractivity contribution in [2.45, 2.75) is 19.4 Å². The second-order valence-corrected chi connectivity index (χ2v) is 5.01. The topological polar surface area (TPSA) is 60.8 Å². The molecule has 1 saturated heterocycles. The van der Waals surface area contributed by atoms with Crippen LogP contribution in [-0.4, -0.2) is 40.8 Å². The van der Waals surface area contributed by atoms with Crippen LogP contribution in [0.1, 0.15) is 28.8 Å². The Kier molecular flexibility index (Phi) is 4.50. The van der Waals surface area contributed by atoms with Crippen molar-refractivity contribution < 1.29 is 19.4 Å². The predicted molar refractivity (Wildman–Crippen MR) is 68.4 cm³/mol. The first-order valence-corrected chi connectivity index (χ1v) is 6.45. The maximum atomic E-state index is 13.7. The summed E-state index contributed by atoms with van der Waals surface area (Å²) < 4.78 is 13.7. The molecule has 0 bridgehead atoms. The normalized spacial score (nSPS) is 17.6. The molecule has 1 aliphatic rings. The third-order valence-electron chi connectivity index (χ3n) is 3.65. The Bertz CT molecular complexity index is 456. The maximum absolute atomic E-state index is 13.7. The van der Waals surface area contributed by atoms with Gasteiger partial charge in [0.15, 0.2) is 0 Å². The van der Waals surface area contributed by atoms with Crippen LogP contribution in [-0.2, 0) is 6.54 Å². The van der Waals surface area contributed by atoms with Crippen molar-refractivity contribution >= 4 is 5.97 Å². The molecule has 4 nitrogen and oxygen atoms in total. The van der Waals surface area contributed by atoms with Crippen LogP contribution in [0.25, 0.3) is 0 Å². The summed E-state index contributed by atoms with van der Waals surface area (Å²) in [7, 11) is 0. The van der Waals surface area contributed by atoms with Crippen molar-refractivity contribution in [3.05, 3.63) is 35.1 Å². The van der Waals surface area contributed by atoms with Crippen LogP contribution in [0.5, 0.6) is 0 Å². The number of rotatable bonds is 4. The molecular weight excluding hydrogens is 249 g/mol. The Morgan fingerprint density at radius 3 is 2.63 bits per heavy atom. The molecule has 0 aromatic heterocycles. The van der Waals surface area contributed by atoms with Crippen molar-refractivity contribution in [1.29, 1.82) is 0 Å². The molecule has 0 atom stereocenters. The molecular formula is C14H18FNO3. The summed E-state index contributed by atoms with van der Waals surface area (Å²) in [6.45, 7) is 2.24. The molecule has 0 radical (unpaired) electrons. The number of hydrogen-bond acceptors (Lipinski definition) is 3. The van der Waals surface area contributed by atoms with E-state index >= 15 is 0 Å². The number of piperidine rings is 1. The molecule has 0 amide bonds. The zero-order valence-corrected chi connectivity index (χ0v) is 10.7. The van der Waals surface area contributed by atoms with Gasteiger partial charge in [-0.2, -0.15) is 0 Å². The molecule has 19 heavy (non-hydrogen) atoms. The molecule has 2 rings (SSSR count). The number of halogens is 1. The SMILES string of the molecule is O=C(O)c1ccc(F)c(CN2CCC(CO)CC2)c1. The monoisotopic (exact) mass is 267 g/mol. The summed E-state index contributed by atoms with van der Waals surface area (Å²) in [4.78, 5) is 13.0. The van der Waals surface area contributed by atoms with E-state index < -0.39 is 5.97 Å². The first-order chi connectivity index (χ1) is 9.10. The summed E-state index contributed by atoms with van der Waals surface area (Å²) >= 11 is 0. The summed E-state index contributed by atoms with van der Waals surface area (Å²) in [6.07, 6.45) is 1.80. The first-order valence-electron chi connectivity index (χ1n) is 6.45. The van der Waals surface area contributed by atoms with Gasteiger partial charge in [-0.05, 0) is 50.0 Å². The molecule has 0 unspecified atom stereocenters. The van der Waals surface area contributed by atoms with E-state index in [1.807, 2.05) is 0 Å². The van der Waals surface area contributed by atoms with Crippen molar-refractivity contribution in [3.63, 3.8) is 0 Å². The number of carbonyl (C=O) groups is 1. The molecule has 1 aromatic carbocycles. The van der Waals surface area contributed by atoms with Crippen LogP contribution in [0.3, 0.4) is 0 Å². The van der Waals surface area contributed by atoms with Gasteiger partial charge in [-0.15, -0.1) is 0 Å². The van der Waals surface area contributed by atoms with E-state index in [1.54, 1.807) is 0 Å². The maximum Gasteiger partial charge on any atom is 0.335 e. The van der Waals surface area contributed by atoms with Crippen molar-refractivity contribution in [2.24, 2.45) is 5.92 Å². The van der Waals surface area contributed by atoms with E-state index in [1.165, 1.54) is 18.2 Å². The van der Waals surface area contributed by atoms with Crippen molar-refractivity contribution in [1.82, 2.24) is 4.90 Å². The summed E-state index contributed by atoms with van der Waals surface area (Å²) in [5.41, 5.74) is 0.531. The Hall–Kier alpha value is -1.46. The van der Waals surface area contributed by atoms with Gasteiger partial charge in [-0.25, -0.2) is 9.18 Å². The van der Waals surface area contributed by atoms with Gasteiger partial charge in [0.1, 0.15) is 5.82 Å². The van der Waals surface area contributed by atoms with Crippen LogP contribution in [0.15, 0.2) is 18.2 Å². The van der Waals surface area contributed by atoms with E-state index in [9.17, 15) is 9.18 Å². The number of carboxylic acids is 1. The number of likely N-dealkylation sites (tertiary alicyclic amines) is 1. The smallest absolute Gasteiger partial charge is 0.335 e. The van der Waals surface area contributed by atoms with E-state index in [0.717, 1.165) is 25.9 Å². The fourth-order valence-electron chi connectivity index (χ4n) is 2.40. The molecule has 1 fully saturated rings. The lowest BCUT2D eigenvalue weighted by molar-refractivity contribution is 0.0696. The van der Waals surface area contributed by atoms with Crippen LogP contribution < -0.4 is 0 Å². The second kappa shape index (κ2) is 6.12. The number of benzene rings is 1. The molecule has 1 aromatic rings. The average molecular weight is 267 g/mol. The lowest BCUT2D eigenvalue weighted by Crippen LogP contribution is -2.34. The molecule has 0 aliphatic carbocycles. The van der Waals surface area contributed by atoms with E-state index in [0.29, 0.717) is 18.0 Å². The minimum atomic E-state index is -1.04. The fourth-order valence-corrected chi connectivity index (χ4v) is 2.40. The van der Waals surface area contributed by atoms with Crippen LogP contribution >= 0.6 is 0 Å². The zero-order valence-electron chi connectivity index (χ0n) is 10.7. The van der Waals surface area contributed by atoms with Gasteiger partial charge in [-0.1, -0.05) is 0 Å². The highest BCUT2D eigenvalue weighted by atomic mass is 19.1. The van der Waals surface area contributed by atoms with Crippen LogP contribution in [0.4, 0.5) is 4.39 Å². The standard InChI is InChI=1S/C14H18FNO3/c15-13-2-1-11(14(18)19)7-12(13)8-16-5-3-10(9-17)4-6-16/h1-2,7,10,17H,3-6,8-9H2,(H,18,19). The predicted octanol–water partition coefficient (Wildman–Crippen LogP) is 1.73. The summed E-state index contributed by atoms with van der Waals surface area (Å²) in [5.74, 6) is -1.07. The van der Waals surface area contributed by atoms with Gasteiger partial charge in [0.2, 0.25) is 0 Å². The number of hydrogen-bond donors (Lipinski definition) is 2. The van der Waals surface area contributed by atoms with Gasteiger partial charge < -0.3 is 10.2 Å². The number of carboxylic acid groups (broad SMARTS) is 1. The minimum absolute atomic E-state index is 0.113. The highest BCUT2D eigenvalue weighted by Crippen LogP contribution is 2.20. The van der Waals surface area contributed by atoms with Crippen LogP contribution in [0.2, 0.25) is 0 Å². The largest absolute Gasteiger partial charge is 0.478 e. The van der Waals surface area contributed by atoms with E-state index in [2.05, 4.69) is 4.90 Å². The van der Waals surface area contributed by atoms with Crippen molar-refractivity contribution in [2.75, 3.05) is 19.7 Å². The molecule has 0 saturated carbocycles. The molecule has 1 aliphatic heterocycles. The van der Waals surface area contributed by atoms with Gasteiger partial charge >= 0.3 is 5.97 Å². The second-order valence-electron chi connectivity index (χ2n) is 5.01. The minimum Gasteiger partial charge on any atom is -0.478 e. The van der Waals surface area contributed by atoms with E-state index in [4.69, 9.17) is 10.2 Å². The molecule has 104 valence electrons. The summed E-state index contributed by atoms with van der Waals surface area (Å²) in [6, 6.07) is 3.88. The highest BCUT2D eigenvalue weighted by molar-refractivity contribution is 5.87. The van der Waals surface area contributed by atoms with Crippen molar-refractivity contribution in [3.8, 4) is 0 Å². The van der Waals surface area contributed by atoms with Gasteiger partial charge in [0, 0.05) is 18.7 Å². The van der Waals surface area contributed by atoms with Gasteiger partial charge in [0.25, 0.3) is 0 Å². The Balaban J connectivity index is 2.03. The van der Waals surface area contributed by atoms with E-state index in [-0.39, 0.29) is 18.0 Å². The number of aliphatic hydroxyl groups is 1. The number of aromatic carboxylic acids is 1. The third-order valence-corrected chi connectivity index (χ3v) is 3.65. The summed E-state index contributed by atoms with van der Waals surface area (Å²) in [5, 5.41) is 18.0. The van der Waals surface area contributed by atoms with Gasteiger partial charge in [-0.3, -0.25) is 4.90 Å². The molecule has 2 N–H and O–H groups in total.